The summed E-state index contributed by atoms with van der Waals surface area (Å²) < 4.78 is 30.5. The second-order valence-corrected chi connectivity index (χ2v) is 9.34. The van der Waals surface area contributed by atoms with Crippen molar-refractivity contribution in [1.29, 1.82) is 0 Å². The Morgan fingerprint density at radius 2 is 2.05 bits per heavy atom. The fourth-order valence-corrected chi connectivity index (χ4v) is 6.07. The largest absolute Gasteiger partial charge is 0.372 e. The first kappa shape index (κ1) is 17.5. The van der Waals surface area contributed by atoms with E-state index in [1.165, 1.54) is 0 Å². The van der Waals surface area contributed by atoms with Gasteiger partial charge in [-0.25, -0.2) is 8.42 Å². The highest BCUT2D eigenvalue weighted by molar-refractivity contribution is 8.01. The van der Waals surface area contributed by atoms with Crippen LogP contribution < -0.4 is 5.32 Å². The third-order valence-corrected chi connectivity index (χ3v) is 7.60. The molecule has 0 saturated carbocycles. The number of sulfone groups is 1. The van der Waals surface area contributed by atoms with Crippen molar-refractivity contribution < 1.29 is 13.2 Å². The Kier molecular flexibility index (Phi) is 6.80. The molecule has 2 rings (SSSR count). The van der Waals surface area contributed by atoms with Crippen molar-refractivity contribution in [2.45, 2.75) is 44.3 Å². The zero-order valence-electron chi connectivity index (χ0n) is 13.1. The molecule has 0 spiro atoms. The van der Waals surface area contributed by atoms with Gasteiger partial charge in [0.15, 0.2) is 9.84 Å². The molecule has 5 nitrogen and oxygen atoms in total. The van der Waals surface area contributed by atoms with E-state index in [0.29, 0.717) is 5.75 Å². The van der Waals surface area contributed by atoms with Crippen molar-refractivity contribution in [1.82, 2.24) is 10.2 Å². The van der Waals surface area contributed by atoms with Crippen molar-refractivity contribution in [3.63, 3.8) is 0 Å². The number of hydrogen-bond acceptors (Lipinski definition) is 6. The van der Waals surface area contributed by atoms with Gasteiger partial charge < -0.3 is 10.1 Å². The molecule has 2 aliphatic heterocycles. The summed E-state index contributed by atoms with van der Waals surface area (Å²) in [6.07, 6.45) is 2.59. The highest BCUT2D eigenvalue weighted by Crippen LogP contribution is 2.25. The van der Waals surface area contributed by atoms with Crippen molar-refractivity contribution in [3.8, 4) is 0 Å². The van der Waals surface area contributed by atoms with Crippen molar-refractivity contribution in [2.75, 3.05) is 43.4 Å². The number of nitrogens with one attached hydrogen (secondary N) is 1. The molecule has 3 unspecified atom stereocenters. The maximum absolute atomic E-state index is 12.2. The summed E-state index contributed by atoms with van der Waals surface area (Å²) in [5, 5.41) is 3.00. The fourth-order valence-electron chi connectivity index (χ4n) is 2.98. The molecular weight excluding hydrogens is 308 g/mol. The van der Waals surface area contributed by atoms with Gasteiger partial charge in [-0.15, -0.1) is 0 Å². The number of nitrogens with zero attached hydrogens (tertiary/aromatic N) is 1. The van der Waals surface area contributed by atoms with E-state index < -0.39 is 9.84 Å². The van der Waals surface area contributed by atoms with Crippen LogP contribution in [0.4, 0.5) is 0 Å². The third-order valence-electron chi connectivity index (χ3n) is 4.26. The monoisotopic (exact) mass is 336 g/mol. The zero-order chi connectivity index (χ0) is 15.3. The lowest BCUT2D eigenvalue weighted by Gasteiger charge is -2.36. The van der Waals surface area contributed by atoms with Crippen LogP contribution in [0.25, 0.3) is 0 Å². The van der Waals surface area contributed by atoms with Crippen LogP contribution in [0.15, 0.2) is 0 Å². The minimum atomic E-state index is -3.00. The number of ether oxygens (including phenoxy) is 1. The van der Waals surface area contributed by atoms with Gasteiger partial charge in [0.25, 0.3) is 0 Å². The predicted molar refractivity (Wildman–Crippen MR) is 88.6 cm³/mol. The first-order valence-electron chi connectivity index (χ1n) is 7.96. The molecule has 2 heterocycles. The molecular formula is C14H28N2O3S2. The van der Waals surface area contributed by atoms with Gasteiger partial charge in [0, 0.05) is 36.9 Å². The Labute approximate surface area is 133 Å². The Bertz CT molecular complexity index is 416. The summed E-state index contributed by atoms with van der Waals surface area (Å²) in [6, 6.07) is 0. The van der Waals surface area contributed by atoms with Crippen molar-refractivity contribution in [3.05, 3.63) is 0 Å². The summed E-state index contributed by atoms with van der Waals surface area (Å²) in [6.45, 7) is 7.31. The molecule has 2 fully saturated rings. The quantitative estimate of drug-likeness (QED) is 0.747. The number of hydrogen-bond donors (Lipinski definition) is 1. The van der Waals surface area contributed by atoms with Gasteiger partial charge in [0.05, 0.1) is 12.2 Å². The van der Waals surface area contributed by atoms with E-state index in [2.05, 4.69) is 17.1 Å². The van der Waals surface area contributed by atoms with Gasteiger partial charge in [-0.05, 0) is 19.4 Å². The number of thioether (sulfide) groups is 1. The first-order valence-corrected chi connectivity index (χ1v) is 10.8. The highest BCUT2D eigenvalue weighted by Gasteiger charge is 2.35. The van der Waals surface area contributed by atoms with E-state index in [9.17, 15) is 8.42 Å². The van der Waals surface area contributed by atoms with E-state index in [1.54, 1.807) is 18.7 Å². The number of rotatable bonds is 7. The molecule has 0 aromatic heterocycles. The van der Waals surface area contributed by atoms with Gasteiger partial charge in [-0.3, -0.25) is 4.90 Å². The van der Waals surface area contributed by atoms with E-state index in [4.69, 9.17) is 4.74 Å². The van der Waals surface area contributed by atoms with E-state index >= 15 is 0 Å². The van der Waals surface area contributed by atoms with Gasteiger partial charge in [0.1, 0.15) is 5.37 Å². The van der Waals surface area contributed by atoms with E-state index in [0.717, 1.165) is 44.8 Å². The van der Waals surface area contributed by atoms with Crippen LogP contribution in [0, 0.1) is 0 Å². The molecule has 0 aromatic carbocycles. The van der Waals surface area contributed by atoms with Crippen LogP contribution in [-0.4, -0.2) is 74.3 Å². The molecule has 0 aliphatic carbocycles. The van der Waals surface area contributed by atoms with Crippen LogP contribution in [0.1, 0.15) is 26.7 Å². The molecule has 0 aromatic rings. The van der Waals surface area contributed by atoms with Crippen LogP contribution in [-0.2, 0) is 14.6 Å². The van der Waals surface area contributed by atoms with Crippen LogP contribution in [0.2, 0.25) is 0 Å². The van der Waals surface area contributed by atoms with Gasteiger partial charge in [0.2, 0.25) is 0 Å². The van der Waals surface area contributed by atoms with Crippen LogP contribution in [0.3, 0.4) is 0 Å². The molecule has 0 radical (unpaired) electrons. The lowest BCUT2D eigenvalue weighted by molar-refractivity contribution is 0.0228. The van der Waals surface area contributed by atoms with Crippen molar-refractivity contribution >= 4 is 21.6 Å². The smallest absolute Gasteiger partial charge is 0.166 e. The SMILES string of the molecule is CCNCC1CCC(CN2CCSCC2S(=O)(=O)CC)O1. The molecule has 3 atom stereocenters. The molecule has 0 bridgehead atoms. The van der Waals surface area contributed by atoms with Crippen LogP contribution in [0.5, 0.6) is 0 Å². The zero-order valence-corrected chi connectivity index (χ0v) is 14.7. The second-order valence-electron chi connectivity index (χ2n) is 5.74. The van der Waals surface area contributed by atoms with Gasteiger partial charge in [-0.2, -0.15) is 11.8 Å². The van der Waals surface area contributed by atoms with Crippen molar-refractivity contribution in [2.24, 2.45) is 0 Å². The van der Waals surface area contributed by atoms with Gasteiger partial charge >= 0.3 is 0 Å². The standard InChI is InChI=1S/C14H28N2O3S2/c1-3-15-9-12-5-6-13(19-12)10-16-7-8-20-11-14(16)21(17,18)4-2/h12-15H,3-11H2,1-2H3. The Balaban J connectivity index is 1.88. The highest BCUT2D eigenvalue weighted by atomic mass is 32.2. The minimum absolute atomic E-state index is 0.186. The Morgan fingerprint density at radius 1 is 1.29 bits per heavy atom. The molecule has 2 saturated heterocycles. The topological polar surface area (TPSA) is 58.6 Å². The average Bonchev–Trinajstić information content (AvgIpc) is 2.93. The summed E-state index contributed by atoms with van der Waals surface area (Å²) in [7, 11) is -3.00. The van der Waals surface area contributed by atoms with Crippen LogP contribution >= 0.6 is 11.8 Å². The Morgan fingerprint density at radius 3 is 2.76 bits per heavy atom. The molecule has 2 aliphatic rings. The summed E-state index contributed by atoms with van der Waals surface area (Å²) in [5.74, 6) is 1.94. The summed E-state index contributed by atoms with van der Waals surface area (Å²) in [4.78, 5) is 2.13. The van der Waals surface area contributed by atoms with E-state index in [-0.39, 0.29) is 23.3 Å². The number of likely N-dealkylation sites (N-methyl/N-ethyl adjacent to an activating group) is 1. The maximum Gasteiger partial charge on any atom is 0.166 e. The third kappa shape index (κ3) is 4.82. The first-order chi connectivity index (χ1) is 10.1. The molecule has 21 heavy (non-hydrogen) atoms. The maximum atomic E-state index is 12.2. The van der Waals surface area contributed by atoms with Gasteiger partial charge in [-0.1, -0.05) is 13.8 Å². The Hall–Kier alpha value is 0.180. The lowest BCUT2D eigenvalue weighted by atomic mass is 10.2. The summed E-state index contributed by atoms with van der Waals surface area (Å²) in [5.41, 5.74) is 0. The summed E-state index contributed by atoms with van der Waals surface area (Å²) >= 11 is 1.75. The predicted octanol–water partition coefficient (Wildman–Crippen LogP) is 0.953. The lowest BCUT2D eigenvalue weighted by Crippen LogP contribution is -2.50. The molecule has 124 valence electrons. The molecule has 7 heteroatoms. The normalized spacial score (nSPS) is 31.6. The second kappa shape index (κ2) is 8.15. The molecule has 1 N–H and O–H groups in total. The fraction of sp³-hybridized carbons (Fsp3) is 1.00. The average molecular weight is 337 g/mol. The van der Waals surface area contributed by atoms with E-state index in [1.807, 2.05) is 0 Å². The minimum Gasteiger partial charge on any atom is -0.372 e. The molecule has 0 amide bonds.